The van der Waals surface area contributed by atoms with Gasteiger partial charge >= 0.3 is 5.69 Å². The summed E-state index contributed by atoms with van der Waals surface area (Å²) >= 11 is 0. The fraction of sp³-hybridized carbons (Fsp3) is 0.714. The van der Waals surface area contributed by atoms with Gasteiger partial charge in [-0.15, -0.1) is 0 Å². The lowest BCUT2D eigenvalue weighted by Gasteiger charge is -2.26. The van der Waals surface area contributed by atoms with Crippen molar-refractivity contribution in [1.29, 1.82) is 0 Å². The molecular weight excluding hydrogens is 270 g/mol. The summed E-state index contributed by atoms with van der Waals surface area (Å²) < 4.78 is 0. The highest BCUT2D eigenvalue weighted by molar-refractivity contribution is 5.70. The van der Waals surface area contributed by atoms with Crippen molar-refractivity contribution in [3.63, 3.8) is 0 Å². The third kappa shape index (κ3) is 2.91. The SMILES string of the molecule is CCNc1ncnc(N2CCC(CC)(CC)C2)c1[N+](=O)[O-]. The number of anilines is 2. The van der Waals surface area contributed by atoms with Crippen molar-refractivity contribution in [2.45, 2.75) is 40.0 Å². The molecule has 0 unspecified atom stereocenters. The van der Waals surface area contributed by atoms with E-state index in [0.717, 1.165) is 32.4 Å². The van der Waals surface area contributed by atoms with Crippen molar-refractivity contribution in [3.8, 4) is 0 Å². The Hall–Kier alpha value is -1.92. The van der Waals surface area contributed by atoms with Gasteiger partial charge in [0, 0.05) is 19.6 Å². The highest BCUT2D eigenvalue weighted by Gasteiger charge is 2.38. The molecule has 7 heteroatoms. The first-order valence-corrected chi connectivity index (χ1v) is 7.55. The molecule has 1 aromatic heterocycles. The molecule has 116 valence electrons. The van der Waals surface area contributed by atoms with Crippen LogP contribution in [0.1, 0.15) is 40.0 Å². The van der Waals surface area contributed by atoms with E-state index in [4.69, 9.17) is 0 Å². The Labute approximate surface area is 124 Å². The van der Waals surface area contributed by atoms with E-state index in [9.17, 15) is 10.1 Å². The molecule has 0 radical (unpaired) electrons. The molecule has 0 aliphatic carbocycles. The highest BCUT2D eigenvalue weighted by Crippen LogP contribution is 2.41. The lowest BCUT2D eigenvalue weighted by molar-refractivity contribution is -0.383. The van der Waals surface area contributed by atoms with E-state index in [1.54, 1.807) is 0 Å². The molecule has 1 aliphatic rings. The molecule has 0 spiro atoms. The third-order valence-corrected chi connectivity index (χ3v) is 4.57. The average Bonchev–Trinajstić information content (AvgIpc) is 2.92. The molecule has 2 rings (SSSR count). The maximum Gasteiger partial charge on any atom is 0.353 e. The number of hydrogen-bond donors (Lipinski definition) is 1. The standard InChI is InChI=1S/C14H23N5O2/c1-4-14(5-2)7-8-18(9-14)13-11(19(20)21)12(15-6-3)16-10-17-13/h10H,4-9H2,1-3H3,(H,15,16,17). The first kappa shape index (κ1) is 15.5. The van der Waals surface area contributed by atoms with Crippen LogP contribution in [0.4, 0.5) is 17.3 Å². The summed E-state index contributed by atoms with van der Waals surface area (Å²) in [5.41, 5.74) is 0.235. The van der Waals surface area contributed by atoms with Crippen LogP contribution in [0.5, 0.6) is 0 Å². The van der Waals surface area contributed by atoms with Gasteiger partial charge in [0.25, 0.3) is 0 Å². The van der Waals surface area contributed by atoms with Crippen LogP contribution < -0.4 is 10.2 Å². The summed E-state index contributed by atoms with van der Waals surface area (Å²) in [5.74, 6) is 0.743. The second kappa shape index (κ2) is 6.24. The molecule has 7 nitrogen and oxygen atoms in total. The fourth-order valence-corrected chi connectivity index (χ4v) is 3.01. The minimum Gasteiger partial charge on any atom is -0.364 e. The van der Waals surface area contributed by atoms with Crippen LogP contribution in [0.15, 0.2) is 6.33 Å². The molecule has 1 fully saturated rings. The van der Waals surface area contributed by atoms with E-state index in [1.807, 2.05) is 11.8 Å². The largest absolute Gasteiger partial charge is 0.364 e. The van der Waals surface area contributed by atoms with Crippen LogP contribution >= 0.6 is 0 Å². The summed E-state index contributed by atoms with van der Waals surface area (Å²) in [6.07, 6.45) is 4.62. The first-order valence-electron chi connectivity index (χ1n) is 7.55. The van der Waals surface area contributed by atoms with E-state index in [2.05, 4.69) is 29.1 Å². The molecule has 1 aliphatic heterocycles. The predicted molar refractivity (Wildman–Crippen MR) is 82.7 cm³/mol. The zero-order valence-electron chi connectivity index (χ0n) is 12.9. The van der Waals surface area contributed by atoms with Gasteiger partial charge in [0.2, 0.25) is 11.6 Å². The third-order valence-electron chi connectivity index (χ3n) is 4.57. The predicted octanol–water partition coefficient (Wildman–Crippen LogP) is 2.83. The second-order valence-electron chi connectivity index (χ2n) is 5.56. The molecule has 1 saturated heterocycles. The van der Waals surface area contributed by atoms with E-state index < -0.39 is 0 Å². The van der Waals surface area contributed by atoms with E-state index in [0.29, 0.717) is 18.2 Å². The Morgan fingerprint density at radius 1 is 1.38 bits per heavy atom. The topological polar surface area (TPSA) is 84.2 Å². The molecule has 1 aromatic rings. The Balaban J connectivity index is 2.36. The number of rotatable bonds is 6. The maximum absolute atomic E-state index is 11.4. The van der Waals surface area contributed by atoms with Crippen LogP contribution in [0.2, 0.25) is 0 Å². The van der Waals surface area contributed by atoms with Crippen molar-refractivity contribution < 1.29 is 4.92 Å². The summed E-state index contributed by atoms with van der Waals surface area (Å²) in [6, 6.07) is 0. The summed E-state index contributed by atoms with van der Waals surface area (Å²) in [6.45, 7) is 8.48. The van der Waals surface area contributed by atoms with Crippen molar-refractivity contribution in [2.24, 2.45) is 5.41 Å². The van der Waals surface area contributed by atoms with Gasteiger partial charge in [-0.25, -0.2) is 9.97 Å². The molecule has 21 heavy (non-hydrogen) atoms. The second-order valence-corrected chi connectivity index (χ2v) is 5.56. The minimum absolute atomic E-state index is 0.0117. The van der Waals surface area contributed by atoms with Gasteiger partial charge in [-0.2, -0.15) is 0 Å². The Kier molecular flexibility index (Phi) is 4.59. The average molecular weight is 293 g/mol. The first-order chi connectivity index (χ1) is 10.1. The van der Waals surface area contributed by atoms with Crippen molar-refractivity contribution >= 4 is 17.3 Å². The molecule has 0 saturated carbocycles. The van der Waals surface area contributed by atoms with Crippen molar-refractivity contribution in [1.82, 2.24) is 9.97 Å². The quantitative estimate of drug-likeness (QED) is 0.641. The number of aromatic nitrogens is 2. The van der Waals surface area contributed by atoms with Crippen LogP contribution in [0, 0.1) is 15.5 Å². The number of nitro groups is 1. The van der Waals surface area contributed by atoms with Gasteiger partial charge in [-0.05, 0) is 31.6 Å². The highest BCUT2D eigenvalue weighted by atomic mass is 16.6. The van der Waals surface area contributed by atoms with Gasteiger partial charge < -0.3 is 10.2 Å². The van der Waals surface area contributed by atoms with Crippen molar-refractivity contribution in [2.75, 3.05) is 29.9 Å². The van der Waals surface area contributed by atoms with Crippen LogP contribution in [-0.2, 0) is 0 Å². The fourth-order valence-electron chi connectivity index (χ4n) is 3.01. The van der Waals surface area contributed by atoms with E-state index in [-0.39, 0.29) is 16.0 Å². The molecule has 0 amide bonds. The Morgan fingerprint density at radius 2 is 2.10 bits per heavy atom. The van der Waals surface area contributed by atoms with Crippen molar-refractivity contribution in [3.05, 3.63) is 16.4 Å². The van der Waals surface area contributed by atoms with Crippen LogP contribution in [-0.4, -0.2) is 34.5 Å². The van der Waals surface area contributed by atoms with Crippen LogP contribution in [0.25, 0.3) is 0 Å². The van der Waals surface area contributed by atoms with Gasteiger partial charge in [-0.3, -0.25) is 10.1 Å². The lowest BCUT2D eigenvalue weighted by Crippen LogP contribution is -2.27. The molecule has 0 aromatic carbocycles. The van der Waals surface area contributed by atoms with Gasteiger partial charge in [0.05, 0.1) is 4.92 Å². The maximum atomic E-state index is 11.4. The zero-order valence-corrected chi connectivity index (χ0v) is 12.9. The molecule has 2 heterocycles. The number of hydrogen-bond acceptors (Lipinski definition) is 6. The molecular formula is C14H23N5O2. The summed E-state index contributed by atoms with van der Waals surface area (Å²) in [4.78, 5) is 21.3. The number of nitrogens with zero attached hydrogens (tertiary/aromatic N) is 4. The van der Waals surface area contributed by atoms with Gasteiger partial charge in [0.15, 0.2) is 0 Å². The smallest absolute Gasteiger partial charge is 0.353 e. The monoisotopic (exact) mass is 293 g/mol. The Morgan fingerprint density at radius 3 is 2.62 bits per heavy atom. The van der Waals surface area contributed by atoms with Gasteiger partial charge in [-0.1, -0.05) is 13.8 Å². The van der Waals surface area contributed by atoms with E-state index in [1.165, 1.54) is 6.33 Å². The van der Waals surface area contributed by atoms with E-state index >= 15 is 0 Å². The Bertz CT molecular complexity index is 516. The summed E-state index contributed by atoms with van der Waals surface area (Å²) in [5, 5.41) is 14.4. The summed E-state index contributed by atoms with van der Waals surface area (Å²) in [7, 11) is 0. The molecule has 0 atom stereocenters. The normalized spacial score (nSPS) is 17.0. The van der Waals surface area contributed by atoms with Crippen LogP contribution in [0.3, 0.4) is 0 Å². The van der Waals surface area contributed by atoms with Gasteiger partial charge in [0.1, 0.15) is 6.33 Å². The lowest BCUT2D eigenvalue weighted by atomic mass is 9.82. The number of nitrogens with one attached hydrogen (secondary N) is 1. The zero-order chi connectivity index (χ0) is 15.5. The molecule has 1 N–H and O–H groups in total. The minimum atomic E-state index is -0.384. The molecule has 0 bridgehead atoms.